The molecule has 0 fully saturated rings. The Kier molecular flexibility index (Phi) is 9.89. The molecule has 0 heterocycles. The summed E-state index contributed by atoms with van der Waals surface area (Å²) in [4.78, 5) is 24.2. The van der Waals surface area contributed by atoms with Crippen LogP contribution in [0.2, 0.25) is 0 Å². The molecule has 0 aromatic heterocycles. The largest absolute Gasteiger partial charge is 0.480 e. The third-order valence-corrected chi connectivity index (χ3v) is 3.88. The van der Waals surface area contributed by atoms with Gasteiger partial charge in [-0.1, -0.05) is 25.5 Å². The molecule has 1 aromatic rings. The number of carboxylic acids is 1. The molecular formula is C15H23ClN2O3S. The Morgan fingerprint density at radius 2 is 1.95 bits per heavy atom. The molecule has 1 rings (SSSR count). The van der Waals surface area contributed by atoms with Gasteiger partial charge in [0, 0.05) is 4.90 Å². The number of aliphatic carboxylic acids is 1. The van der Waals surface area contributed by atoms with Crippen molar-refractivity contribution in [2.24, 2.45) is 0 Å². The van der Waals surface area contributed by atoms with Gasteiger partial charge >= 0.3 is 5.97 Å². The summed E-state index contributed by atoms with van der Waals surface area (Å²) in [5.41, 5.74) is 0.742. The van der Waals surface area contributed by atoms with E-state index in [0.29, 0.717) is 6.42 Å². The van der Waals surface area contributed by atoms with Gasteiger partial charge in [-0.25, -0.2) is 0 Å². The molecule has 0 radical (unpaired) electrons. The summed E-state index contributed by atoms with van der Waals surface area (Å²) in [7, 11) is 0. The fourth-order valence-electron chi connectivity index (χ4n) is 1.93. The maximum absolute atomic E-state index is 12.2. The molecule has 0 bridgehead atoms. The van der Waals surface area contributed by atoms with Crippen LogP contribution in [0.25, 0.3) is 0 Å². The van der Waals surface area contributed by atoms with Crippen molar-refractivity contribution in [3.8, 4) is 0 Å². The molecule has 0 spiro atoms. The minimum Gasteiger partial charge on any atom is -0.480 e. The van der Waals surface area contributed by atoms with Crippen LogP contribution in [0, 0.1) is 0 Å². The van der Waals surface area contributed by atoms with Crippen LogP contribution in [0.3, 0.4) is 0 Å². The summed E-state index contributed by atoms with van der Waals surface area (Å²) in [6.07, 6.45) is 3.18. The molecule has 22 heavy (non-hydrogen) atoms. The Hall–Kier alpha value is -1.24. The lowest BCUT2D eigenvalue weighted by atomic mass is 10.1. The fraction of sp³-hybridized carbons (Fsp3) is 0.467. The van der Waals surface area contributed by atoms with Crippen molar-refractivity contribution >= 4 is 41.7 Å². The third kappa shape index (κ3) is 6.25. The number of carbonyl (C=O) groups is 2. The second-order valence-electron chi connectivity index (χ2n) is 4.76. The molecule has 0 saturated heterocycles. The molecule has 3 N–H and O–H groups in total. The van der Waals surface area contributed by atoms with Crippen molar-refractivity contribution in [3.63, 3.8) is 0 Å². The van der Waals surface area contributed by atoms with Gasteiger partial charge < -0.3 is 10.4 Å². The number of anilines is 1. The molecule has 5 nitrogen and oxygen atoms in total. The quantitative estimate of drug-likeness (QED) is 0.631. The Morgan fingerprint density at radius 3 is 2.50 bits per heavy atom. The highest BCUT2D eigenvalue weighted by Crippen LogP contribution is 2.24. The molecule has 0 saturated carbocycles. The Morgan fingerprint density at radius 1 is 1.32 bits per heavy atom. The van der Waals surface area contributed by atoms with Crippen LogP contribution in [-0.2, 0) is 9.59 Å². The predicted octanol–water partition coefficient (Wildman–Crippen LogP) is 3.00. The number of thioether (sulfide) groups is 1. The van der Waals surface area contributed by atoms with Crippen molar-refractivity contribution in [2.45, 2.75) is 43.7 Å². The van der Waals surface area contributed by atoms with Gasteiger partial charge in [0.1, 0.15) is 6.04 Å². The predicted molar refractivity (Wildman–Crippen MR) is 93.0 cm³/mol. The van der Waals surface area contributed by atoms with E-state index in [-0.39, 0.29) is 18.3 Å². The highest BCUT2D eigenvalue weighted by Gasteiger charge is 2.22. The first kappa shape index (κ1) is 20.8. The Balaban J connectivity index is 0.00000441. The number of halogens is 1. The zero-order valence-electron chi connectivity index (χ0n) is 13.0. The van der Waals surface area contributed by atoms with Gasteiger partial charge in [0.2, 0.25) is 5.91 Å². The lowest BCUT2D eigenvalue weighted by molar-refractivity contribution is -0.140. The molecule has 7 heteroatoms. The van der Waals surface area contributed by atoms with Crippen LogP contribution >= 0.6 is 24.2 Å². The number of amides is 1. The molecular weight excluding hydrogens is 324 g/mol. The summed E-state index contributed by atoms with van der Waals surface area (Å²) in [5, 5.41) is 14.8. The van der Waals surface area contributed by atoms with Crippen LogP contribution < -0.4 is 10.6 Å². The summed E-state index contributed by atoms with van der Waals surface area (Å²) in [6, 6.07) is 6.24. The Bertz CT molecular complexity index is 499. The molecule has 2 unspecified atom stereocenters. The number of hydrogen-bond acceptors (Lipinski definition) is 4. The molecule has 1 aromatic carbocycles. The first-order chi connectivity index (χ1) is 9.99. The zero-order chi connectivity index (χ0) is 15.8. The van der Waals surface area contributed by atoms with Gasteiger partial charge in [-0.05, 0) is 31.7 Å². The Labute approximate surface area is 141 Å². The highest BCUT2D eigenvalue weighted by molar-refractivity contribution is 7.98. The second kappa shape index (κ2) is 10.5. The van der Waals surface area contributed by atoms with Gasteiger partial charge in [0.15, 0.2) is 0 Å². The summed E-state index contributed by atoms with van der Waals surface area (Å²) in [6.45, 7) is 3.58. The van der Waals surface area contributed by atoms with Gasteiger partial charge in [-0.15, -0.1) is 24.2 Å². The van der Waals surface area contributed by atoms with E-state index in [1.807, 2.05) is 37.4 Å². The van der Waals surface area contributed by atoms with Crippen molar-refractivity contribution in [2.75, 3.05) is 11.6 Å². The number of rotatable bonds is 8. The standard InChI is InChI=1S/C15H22N2O3S.ClH/c1-4-7-12(15(19)20)16-10(2)14(18)17-11-8-5-6-9-13(11)21-3;/h5-6,8-10,12,16H,4,7H2,1-3H3,(H,17,18)(H,19,20);1H. The molecule has 1 amide bonds. The van der Waals surface area contributed by atoms with Crippen molar-refractivity contribution in [1.82, 2.24) is 5.32 Å². The van der Waals surface area contributed by atoms with E-state index in [9.17, 15) is 9.59 Å². The van der Waals surface area contributed by atoms with Gasteiger partial charge in [-0.2, -0.15) is 0 Å². The van der Waals surface area contributed by atoms with E-state index in [1.165, 1.54) is 0 Å². The van der Waals surface area contributed by atoms with E-state index < -0.39 is 18.1 Å². The summed E-state index contributed by atoms with van der Waals surface area (Å²) in [5.74, 6) is -1.17. The van der Waals surface area contributed by atoms with E-state index >= 15 is 0 Å². The number of para-hydroxylation sites is 1. The second-order valence-corrected chi connectivity index (χ2v) is 5.61. The van der Waals surface area contributed by atoms with Crippen molar-refractivity contribution in [1.29, 1.82) is 0 Å². The number of hydrogen-bond donors (Lipinski definition) is 3. The number of benzene rings is 1. The number of carboxylic acid groups (broad SMARTS) is 1. The minimum atomic E-state index is -0.930. The smallest absolute Gasteiger partial charge is 0.320 e. The van der Waals surface area contributed by atoms with E-state index in [2.05, 4.69) is 10.6 Å². The van der Waals surface area contributed by atoms with Crippen LogP contribution in [0.4, 0.5) is 5.69 Å². The van der Waals surface area contributed by atoms with Crippen molar-refractivity contribution in [3.05, 3.63) is 24.3 Å². The average Bonchev–Trinajstić information content (AvgIpc) is 2.47. The monoisotopic (exact) mass is 346 g/mol. The molecule has 2 atom stereocenters. The molecule has 0 aliphatic carbocycles. The van der Waals surface area contributed by atoms with Crippen LogP contribution in [0.15, 0.2) is 29.2 Å². The summed E-state index contributed by atoms with van der Waals surface area (Å²) < 4.78 is 0. The van der Waals surface area contributed by atoms with Crippen LogP contribution in [-0.4, -0.2) is 35.3 Å². The average molecular weight is 347 g/mol. The van der Waals surface area contributed by atoms with E-state index in [0.717, 1.165) is 17.0 Å². The van der Waals surface area contributed by atoms with Crippen molar-refractivity contribution < 1.29 is 14.7 Å². The van der Waals surface area contributed by atoms with Crippen LogP contribution in [0.5, 0.6) is 0 Å². The maximum Gasteiger partial charge on any atom is 0.320 e. The van der Waals surface area contributed by atoms with Crippen LogP contribution in [0.1, 0.15) is 26.7 Å². The van der Waals surface area contributed by atoms with Gasteiger partial charge in [0.25, 0.3) is 0 Å². The topological polar surface area (TPSA) is 78.4 Å². The first-order valence-electron chi connectivity index (χ1n) is 6.92. The van der Waals surface area contributed by atoms with E-state index in [1.54, 1.807) is 18.7 Å². The maximum atomic E-state index is 12.2. The van der Waals surface area contributed by atoms with E-state index in [4.69, 9.17) is 5.11 Å². The highest BCUT2D eigenvalue weighted by atomic mass is 35.5. The number of carbonyl (C=O) groups excluding carboxylic acids is 1. The molecule has 0 aliphatic rings. The SMILES string of the molecule is CCCC(NC(C)C(=O)Nc1ccccc1SC)C(=O)O.Cl. The lowest BCUT2D eigenvalue weighted by Gasteiger charge is -2.20. The molecule has 0 aliphatic heterocycles. The lowest BCUT2D eigenvalue weighted by Crippen LogP contribution is -2.47. The fourth-order valence-corrected chi connectivity index (χ4v) is 2.49. The first-order valence-corrected chi connectivity index (χ1v) is 8.14. The van der Waals surface area contributed by atoms with Gasteiger partial charge in [0.05, 0.1) is 11.7 Å². The number of nitrogens with one attached hydrogen (secondary N) is 2. The normalized spacial score (nSPS) is 12.9. The van der Waals surface area contributed by atoms with Gasteiger partial charge in [-0.3, -0.25) is 14.9 Å². The summed E-state index contributed by atoms with van der Waals surface area (Å²) >= 11 is 1.55. The minimum absolute atomic E-state index is 0. The zero-order valence-corrected chi connectivity index (χ0v) is 14.6. The molecule has 124 valence electrons. The third-order valence-electron chi connectivity index (χ3n) is 3.08.